The molecule has 0 aliphatic carbocycles. The molecule has 16 heavy (non-hydrogen) atoms. The van der Waals surface area contributed by atoms with Gasteiger partial charge in [-0.15, -0.1) is 0 Å². The summed E-state index contributed by atoms with van der Waals surface area (Å²) in [6.07, 6.45) is 5.81. The van der Waals surface area contributed by atoms with E-state index < -0.39 is 5.91 Å². The fourth-order valence-corrected chi connectivity index (χ4v) is 1.40. The Morgan fingerprint density at radius 3 is 3.06 bits per heavy atom. The molecule has 1 aromatic heterocycles. The van der Waals surface area contributed by atoms with Crippen molar-refractivity contribution in [3.8, 4) is 0 Å². The number of aromatic nitrogens is 2. The molecule has 0 unspecified atom stereocenters. The van der Waals surface area contributed by atoms with Crippen LogP contribution in [0.15, 0.2) is 6.08 Å². The summed E-state index contributed by atoms with van der Waals surface area (Å²) in [6, 6.07) is 0. The first kappa shape index (κ1) is 12.7. The average Bonchev–Trinajstić information content (AvgIpc) is 2.64. The number of amides is 1. The lowest BCUT2D eigenvalue weighted by Crippen LogP contribution is -2.27. The number of carbonyl (C=O) groups excluding carboxylic acids is 1. The van der Waals surface area contributed by atoms with Crippen LogP contribution in [0.25, 0.3) is 6.08 Å². The van der Waals surface area contributed by atoms with Gasteiger partial charge < -0.3 is 4.98 Å². The minimum Gasteiger partial charge on any atom is -0.333 e. The number of hydrogen-bond acceptors (Lipinski definition) is 3. The second kappa shape index (κ2) is 6.30. The molecule has 1 heterocycles. The van der Waals surface area contributed by atoms with Gasteiger partial charge in [-0.1, -0.05) is 24.9 Å². The minimum atomic E-state index is -0.394. The second-order valence-electron chi connectivity index (χ2n) is 3.33. The Balaban J connectivity index is 2.70. The Morgan fingerprint density at radius 2 is 2.44 bits per heavy atom. The van der Waals surface area contributed by atoms with Crippen molar-refractivity contribution in [2.45, 2.75) is 26.2 Å². The van der Waals surface area contributed by atoms with Crippen LogP contribution in [0.4, 0.5) is 0 Å². The summed E-state index contributed by atoms with van der Waals surface area (Å²) in [5, 5.41) is 0.437. The Bertz CT molecular complexity index is 386. The molecule has 0 aliphatic heterocycles. The number of nitrogens with zero attached hydrogens (tertiary/aromatic N) is 1. The number of nitrogens with one attached hydrogen (secondary N) is 2. The van der Waals surface area contributed by atoms with Crippen molar-refractivity contribution in [2.75, 3.05) is 0 Å². The molecular formula is C10H15ClN4O. The minimum absolute atomic E-state index is 0.394. The summed E-state index contributed by atoms with van der Waals surface area (Å²) < 4.78 is 0. The molecule has 5 nitrogen and oxygen atoms in total. The molecule has 1 amide bonds. The zero-order valence-electron chi connectivity index (χ0n) is 9.09. The molecule has 88 valence electrons. The van der Waals surface area contributed by atoms with Crippen molar-refractivity contribution in [1.29, 1.82) is 0 Å². The number of hydrazine groups is 1. The van der Waals surface area contributed by atoms with Crippen LogP contribution in [-0.2, 0) is 11.2 Å². The van der Waals surface area contributed by atoms with Crippen molar-refractivity contribution < 1.29 is 4.79 Å². The molecule has 0 atom stereocenters. The number of unbranched alkanes of at least 4 members (excludes halogenated alkanes) is 1. The fraction of sp³-hybridized carbons (Fsp3) is 0.400. The number of carbonyl (C=O) groups is 1. The molecule has 0 saturated heterocycles. The number of H-pyrrole nitrogens is 1. The maximum absolute atomic E-state index is 10.9. The van der Waals surface area contributed by atoms with E-state index in [-0.39, 0.29) is 0 Å². The van der Waals surface area contributed by atoms with Gasteiger partial charge in [0.25, 0.3) is 5.91 Å². The molecule has 0 aromatic carbocycles. The zero-order valence-corrected chi connectivity index (χ0v) is 9.84. The van der Waals surface area contributed by atoms with E-state index in [0.717, 1.165) is 25.1 Å². The molecule has 6 heteroatoms. The van der Waals surface area contributed by atoms with Crippen molar-refractivity contribution in [3.63, 3.8) is 0 Å². The first-order chi connectivity index (χ1) is 7.67. The molecule has 0 saturated carbocycles. The molecule has 0 spiro atoms. The first-order valence-electron chi connectivity index (χ1n) is 5.10. The number of aryl methyl sites for hydroxylation is 1. The highest BCUT2D eigenvalue weighted by Crippen LogP contribution is 2.15. The molecule has 0 bridgehead atoms. The van der Waals surface area contributed by atoms with Crippen molar-refractivity contribution in [2.24, 2.45) is 5.84 Å². The van der Waals surface area contributed by atoms with Crippen LogP contribution in [0.3, 0.4) is 0 Å². The van der Waals surface area contributed by atoms with E-state index in [1.165, 1.54) is 12.2 Å². The summed E-state index contributed by atoms with van der Waals surface area (Å²) >= 11 is 5.92. The van der Waals surface area contributed by atoms with Gasteiger partial charge in [0.1, 0.15) is 16.7 Å². The smallest absolute Gasteiger partial charge is 0.257 e. The van der Waals surface area contributed by atoms with E-state index in [1.54, 1.807) is 0 Å². The Hall–Kier alpha value is -1.33. The summed E-state index contributed by atoms with van der Waals surface area (Å²) in [6.45, 7) is 2.11. The summed E-state index contributed by atoms with van der Waals surface area (Å²) in [5.74, 6) is 5.37. The van der Waals surface area contributed by atoms with E-state index in [2.05, 4.69) is 16.9 Å². The topological polar surface area (TPSA) is 83.8 Å². The molecule has 0 fully saturated rings. The number of rotatable bonds is 5. The maximum atomic E-state index is 10.9. The number of aromatic amines is 1. The Kier molecular flexibility index (Phi) is 5.01. The standard InChI is InChI=1S/C10H15ClN4O/c1-2-3-4-8-13-7(10(11)14-8)5-6-9(16)15-12/h5-6H,2-4,12H2,1H3,(H,13,14)(H,15,16)/b6-5+. The van der Waals surface area contributed by atoms with Gasteiger partial charge in [0.2, 0.25) is 0 Å². The third-order valence-electron chi connectivity index (χ3n) is 2.04. The van der Waals surface area contributed by atoms with Crippen LogP contribution in [0, 0.1) is 0 Å². The summed E-state index contributed by atoms with van der Waals surface area (Å²) in [5.41, 5.74) is 2.54. The molecule has 1 rings (SSSR count). The van der Waals surface area contributed by atoms with E-state index in [0.29, 0.717) is 10.8 Å². The van der Waals surface area contributed by atoms with Crippen LogP contribution >= 0.6 is 11.6 Å². The largest absolute Gasteiger partial charge is 0.333 e. The molecule has 0 aliphatic rings. The van der Waals surface area contributed by atoms with Crippen LogP contribution in [0.5, 0.6) is 0 Å². The third-order valence-corrected chi connectivity index (χ3v) is 2.32. The lowest BCUT2D eigenvalue weighted by Gasteiger charge is -1.91. The SMILES string of the molecule is CCCCc1nc(/C=C/C(=O)NN)c(Cl)[nH]1. The highest BCUT2D eigenvalue weighted by Gasteiger charge is 2.05. The first-order valence-corrected chi connectivity index (χ1v) is 5.48. The zero-order chi connectivity index (χ0) is 12.0. The van der Waals surface area contributed by atoms with Gasteiger partial charge in [0.05, 0.1) is 0 Å². The molecule has 0 radical (unpaired) electrons. The van der Waals surface area contributed by atoms with E-state index in [1.807, 2.05) is 5.43 Å². The summed E-state index contributed by atoms with van der Waals surface area (Å²) in [4.78, 5) is 18.1. The quantitative estimate of drug-likeness (QED) is 0.316. The van der Waals surface area contributed by atoms with Crippen LogP contribution in [-0.4, -0.2) is 15.9 Å². The molecule has 1 aromatic rings. The van der Waals surface area contributed by atoms with Gasteiger partial charge in [-0.2, -0.15) is 0 Å². The van der Waals surface area contributed by atoms with E-state index >= 15 is 0 Å². The highest BCUT2D eigenvalue weighted by atomic mass is 35.5. The third kappa shape index (κ3) is 3.67. The Morgan fingerprint density at radius 1 is 1.69 bits per heavy atom. The number of hydrogen-bond donors (Lipinski definition) is 3. The van der Waals surface area contributed by atoms with Gasteiger partial charge in [0.15, 0.2) is 0 Å². The normalized spacial score (nSPS) is 10.9. The van der Waals surface area contributed by atoms with E-state index in [9.17, 15) is 4.79 Å². The van der Waals surface area contributed by atoms with Gasteiger partial charge in [0, 0.05) is 12.5 Å². The van der Waals surface area contributed by atoms with Crippen LogP contribution < -0.4 is 11.3 Å². The van der Waals surface area contributed by atoms with Crippen LogP contribution in [0.1, 0.15) is 31.3 Å². The Labute approximate surface area is 99.0 Å². The predicted molar refractivity (Wildman–Crippen MR) is 63.6 cm³/mol. The average molecular weight is 243 g/mol. The fourth-order valence-electron chi connectivity index (χ4n) is 1.19. The van der Waals surface area contributed by atoms with Crippen molar-refractivity contribution in [3.05, 3.63) is 22.7 Å². The summed E-state index contributed by atoms with van der Waals surface area (Å²) in [7, 11) is 0. The number of imidazole rings is 1. The number of halogens is 1. The second-order valence-corrected chi connectivity index (χ2v) is 3.71. The van der Waals surface area contributed by atoms with Crippen molar-refractivity contribution >= 4 is 23.6 Å². The van der Waals surface area contributed by atoms with Gasteiger partial charge >= 0.3 is 0 Å². The lowest BCUT2D eigenvalue weighted by molar-refractivity contribution is -0.116. The lowest BCUT2D eigenvalue weighted by atomic mass is 10.2. The van der Waals surface area contributed by atoms with Gasteiger partial charge in [-0.3, -0.25) is 10.2 Å². The highest BCUT2D eigenvalue weighted by molar-refractivity contribution is 6.30. The maximum Gasteiger partial charge on any atom is 0.257 e. The molecule has 4 N–H and O–H groups in total. The molecular weight excluding hydrogens is 228 g/mol. The number of nitrogens with two attached hydrogens (primary N) is 1. The monoisotopic (exact) mass is 242 g/mol. The predicted octanol–water partition coefficient (Wildman–Crippen LogP) is 1.41. The van der Waals surface area contributed by atoms with Crippen LogP contribution in [0.2, 0.25) is 5.15 Å². The van der Waals surface area contributed by atoms with Gasteiger partial charge in [-0.25, -0.2) is 10.8 Å². The van der Waals surface area contributed by atoms with E-state index in [4.69, 9.17) is 17.4 Å². The van der Waals surface area contributed by atoms with Gasteiger partial charge in [-0.05, 0) is 12.5 Å². The van der Waals surface area contributed by atoms with Crippen molar-refractivity contribution in [1.82, 2.24) is 15.4 Å².